The lowest BCUT2D eigenvalue weighted by Gasteiger charge is -2.32. The maximum absolute atomic E-state index is 14.2. The van der Waals surface area contributed by atoms with Crippen LogP contribution in [0, 0.1) is 0 Å². The lowest BCUT2D eigenvalue weighted by atomic mass is 9.96. The van der Waals surface area contributed by atoms with E-state index < -0.39 is 12.1 Å². The van der Waals surface area contributed by atoms with Crippen LogP contribution >= 0.6 is 0 Å². The number of benzene rings is 4. The van der Waals surface area contributed by atoms with Crippen LogP contribution in [-0.2, 0) is 4.79 Å². The van der Waals surface area contributed by atoms with Crippen molar-refractivity contribution in [3.63, 3.8) is 0 Å². The Morgan fingerprint density at radius 1 is 0.826 bits per heavy atom. The van der Waals surface area contributed by atoms with E-state index in [4.69, 9.17) is 4.74 Å². The molecular weight excluding hydrogens is 574 g/mol. The van der Waals surface area contributed by atoms with Gasteiger partial charge in [-0.15, -0.1) is 0 Å². The molecule has 2 unspecified atom stereocenters. The van der Waals surface area contributed by atoms with E-state index >= 15 is 0 Å². The molecule has 46 heavy (non-hydrogen) atoms. The van der Waals surface area contributed by atoms with Gasteiger partial charge in [-0.1, -0.05) is 97.1 Å². The number of carbonyl (C=O) groups is 2. The number of urea groups is 1. The predicted molar refractivity (Wildman–Crippen MR) is 184 cm³/mol. The number of carbonyl (C=O) groups excluding carboxylic acids is 2. The zero-order chi connectivity index (χ0) is 32.3. The Morgan fingerprint density at radius 3 is 2.04 bits per heavy atom. The SMILES string of the molecule is COc1cc(NC(C)CCCNC(=O)NC(C(=O)N(C)C(c2ccccc2)c2ccccc2)c2ccccc2)c2ncccc2c1. The van der Waals surface area contributed by atoms with Crippen molar-refractivity contribution in [1.29, 1.82) is 0 Å². The second kappa shape index (κ2) is 15.6. The van der Waals surface area contributed by atoms with Crippen LogP contribution in [0.4, 0.5) is 10.5 Å². The summed E-state index contributed by atoms with van der Waals surface area (Å²) in [7, 11) is 3.44. The monoisotopic (exact) mass is 615 g/mol. The first kappa shape index (κ1) is 32.0. The number of aromatic nitrogens is 1. The summed E-state index contributed by atoms with van der Waals surface area (Å²) in [4.78, 5) is 33.6. The Kier molecular flexibility index (Phi) is 10.8. The largest absolute Gasteiger partial charge is 0.497 e. The van der Waals surface area contributed by atoms with Crippen LogP contribution in [0.25, 0.3) is 10.9 Å². The number of ether oxygens (including phenoxy) is 1. The van der Waals surface area contributed by atoms with E-state index in [0.29, 0.717) is 12.1 Å². The van der Waals surface area contributed by atoms with E-state index in [1.165, 1.54) is 0 Å². The molecule has 1 heterocycles. The summed E-state index contributed by atoms with van der Waals surface area (Å²) in [5, 5.41) is 10.5. The molecule has 8 nitrogen and oxygen atoms in total. The number of fused-ring (bicyclic) bond motifs is 1. The van der Waals surface area contributed by atoms with Crippen molar-refractivity contribution in [3.05, 3.63) is 138 Å². The quantitative estimate of drug-likeness (QED) is 0.123. The number of rotatable bonds is 13. The molecule has 5 rings (SSSR count). The van der Waals surface area contributed by atoms with E-state index in [1.54, 1.807) is 25.3 Å². The van der Waals surface area contributed by atoms with Gasteiger partial charge >= 0.3 is 6.03 Å². The van der Waals surface area contributed by atoms with Gasteiger partial charge in [-0.2, -0.15) is 0 Å². The highest BCUT2D eigenvalue weighted by molar-refractivity contribution is 5.92. The van der Waals surface area contributed by atoms with Crippen molar-refractivity contribution in [2.75, 3.05) is 26.0 Å². The standard InChI is InChI=1S/C38H41N5O3/c1-27(41-33-26-32(46-3)25-31-22-14-23-39-34(31)33)15-13-24-40-38(45)42-35(28-16-7-4-8-17-28)37(44)43(2)36(29-18-9-5-10-19-29)30-20-11-6-12-21-30/h4-12,14,16-23,25-27,35-36,41H,13,15,24H2,1-3H3,(H2,40,42,45). The van der Waals surface area contributed by atoms with Gasteiger partial charge in [-0.05, 0) is 48.6 Å². The summed E-state index contributed by atoms with van der Waals surface area (Å²) in [5.41, 5.74) is 4.48. The zero-order valence-electron chi connectivity index (χ0n) is 26.5. The van der Waals surface area contributed by atoms with Crippen molar-refractivity contribution in [1.82, 2.24) is 20.5 Å². The third-order valence-corrected chi connectivity index (χ3v) is 8.04. The second-order valence-electron chi connectivity index (χ2n) is 11.4. The van der Waals surface area contributed by atoms with Gasteiger partial charge in [0.25, 0.3) is 0 Å². The highest BCUT2D eigenvalue weighted by Crippen LogP contribution is 2.31. The maximum atomic E-state index is 14.2. The van der Waals surface area contributed by atoms with Crippen LogP contribution in [-0.4, -0.2) is 48.6 Å². The summed E-state index contributed by atoms with van der Waals surface area (Å²) in [6, 6.07) is 35.6. The van der Waals surface area contributed by atoms with E-state index in [2.05, 4.69) is 27.9 Å². The van der Waals surface area contributed by atoms with Gasteiger partial charge in [-0.25, -0.2) is 4.79 Å². The Labute approximate surface area is 270 Å². The molecule has 236 valence electrons. The van der Waals surface area contributed by atoms with Crippen LogP contribution in [0.3, 0.4) is 0 Å². The van der Waals surface area contributed by atoms with Crippen LogP contribution in [0.1, 0.15) is 48.5 Å². The third-order valence-electron chi connectivity index (χ3n) is 8.04. The summed E-state index contributed by atoms with van der Waals surface area (Å²) in [5.74, 6) is 0.552. The second-order valence-corrected chi connectivity index (χ2v) is 11.4. The molecule has 0 fully saturated rings. The lowest BCUT2D eigenvalue weighted by Crippen LogP contribution is -2.46. The van der Waals surface area contributed by atoms with Crippen molar-refractivity contribution in [3.8, 4) is 5.75 Å². The Balaban J connectivity index is 1.22. The topological polar surface area (TPSA) is 95.6 Å². The minimum absolute atomic E-state index is 0.127. The van der Waals surface area contributed by atoms with Crippen molar-refractivity contribution in [2.24, 2.45) is 0 Å². The normalized spacial score (nSPS) is 12.3. The first-order valence-corrected chi connectivity index (χ1v) is 15.6. The number of hydrogen-bond acceptors (Lipinski definition) is 5. The molecule has 2 atom stereocenters. The minimum atomic E-state index is -0.865. The first-order chi connectivity index (χ1) is 22.4. The molecule has 0 saturated heterocycles. The van der Waals surface area contributed by atoms with Gasteiger partial charge in [-0.3, -0.25) is 9.78 Å². The Bertz CT molecular complexity index is 1680. The van der Waals surface area contributed by atoms with Gasteiger partial charge in [0.05, 0.1) is 24.4 Å². The average Bonchev–Trinajstić information content (AvgIpc) is 3.10. The molecule has 3 amide bonds. The van der Waals surface area contributed by atoms with Crippen molar-refractivity contribution >= 4 is 28.5 Å². The predicted octanol–water partition coefficient (Wildman–Crippen LogP) is 7.11. The fourth-order valence-electron chi connectivity index (χ4n) is 5.70. The third kappa shape index (κ3) is 8.01. The van der Waals surface area contributed by atoms with Crippen LogP contribution in [0.15, 0.2) is 121 Å². The first-order valence-electron chi connectivity index (χ1n) is 15.6. The molecule has 8 heteroatoms. The number of likely N-dealkylation sites (N-methyl/N-ethyl adjacent to an activating group) is 1. The molecule has 5 aromatic rings. The Morgan fingerprint density at radius 2 is 1.43 bits per heavy atom. The van der Waals surface area contributed by atoms with Crippen LogP contribution in [0.2, 0.25) is 0 Å². The van der Waals surface area contributed by atoms with E-state index in [-0.39, 0.29) is 18.0 Å². The van der Waals surface area contributed by atoms with Gasteiger partial charge in [0.2, 0.25) is 5.91 Å². The van der Waals surface area contributed by atoms with E-state index in [9.17, 15) is 9.59 Å². The number of methoxy groups -OCH3 is 1. The van der Waals surface area contributed by atoms with Crippen molar-refractivity contribution < 1.29 is 14.3 Å². The van der Waals surface area contributed by atoms with E-state index in [1.807, 2.05) is 115 Å². The molecule has 0 aliphatic heterocycles. The number of amides is 3. The van der Waals surface area contributed by atoms with Gasteiger partial charge in [0.1, 0.15) is 11.8 Å². The molecule has 3 N–H and O–H groups in total. The van der Waals surface area contributed by atoms with E-state index in [0.717, 1.165) is 46.3 Å². The highest BCUT2D eigenvalue weighted by Gasteiger charge is 2.31. The molecule has 0 aliphatic rings. The summed E-state index contributed by atoms with van der Waals surface area (Å²) < 4.78 is 5.47. The fraction of sp³-hybridized carbons (Fsp3) is 0.237. The minimum Gasteiger partial charge on any atom is -0.497 e. The van der Waals surface area contributed by atoms with Crippen molar-refractivity contribution in [2.45, 2.75) is 37.9 Å². The maximum Gasteiger partial charge on any atom is 0.315 e. The van der Waals surface area contributed by atoms with Crippen LogP contribution < -0.4 is 20.7 Å². The van der Waals surface area contributed by atoms with Gasteiger partial charge in [0, 0.05) is 37.3 Å². The fourth-order valence-corrected chi connectivity index (χ4v) is 5.70. The molecule has 0 bridgehead atoms. The smallest absolute Gasteiger partial charge is 0.315 e. The molecule has 0 radical (unpaired) electrons. The molecule has 0 spiro atoms. The summed E-state index contributed by atoms with van der Waals surface area (Å²) in [6.45, 7) is 2.56. The molecular formula is C38H41N5O3. The van der Waals surface area contributed by atoms with Crippen LogP contribution in [0.5, 0.6) is 5.75 Å². The molecule has 4 aromatic carbocycles. The number of nitrogens with zero attached hydrogens (tertiary/aromatic N) is 2. The Hall–Kier alpha value is -5.37. The summed E-state index contributed by atoms with van der Waals surface area (Å²) >= 11 is 0. The van der Waals surface area contributed by atoms with Gasteiger partial charge in [0.15, 0.2) is 0 Å². The highest BCUT2D eigenvalue weighted by atomic mass is 16.5. The summed E-state index contributed by atoms with van der Waals surface area (Å²) in [6.07, 6.45) is 3.33. The average molecular weight is 616 g/mol. The zero-order valence-corrected chi connectivity index (χ0v) is 26.5. The van der Waals surface area contributed by atoms with Gasteiger partial charge < -0.3 is 25.6 Å². The molecule has 0 saturated carbocycles. The lowest BCUT2D eigenvalue weighted by molar-refractivity contribution is -0.133. The number of anilines is 1. The molecule has 1 aromatic heterocycles. The molecule has 0 aliphatic carbocycles. The number of pyridine rings is 1. The number of hydrogen-bond donors (Lipinski definition) is 3. The number of nitrogens with one attached hydrogen (secondary N) is 3.